The third kappa shape index (κ3) is 4.55. The molecule has 4 aromatic rings. The second-order valence-corrected chi connectivity index (χ2v) is 6.35. The lowest BCUT2D eigenvalue weighted by Crippen LogP contribution is -2.07. The third-order valence-electron chi connectivity index (χ3n) is 4.26. The minimum atomic E-state index is -4.46. The predicted octanol–water partition coefficient (Wildman–Crippen LogP) is 4.99. The van der Waals surface area contributed by atoms with Crippen molar-refractivity contribution in [1.29, 1.82) is 0 Å². The van der Waals surface area contributed by atoms with E-state index in [0.29, 0.717) is 22.6 Å². The summed E-state index contributed by atoms with van der Waals surface area (Å²) in [6.07, 6.45) is -1.65. The first-order valence-corrected chi connectivity index (χ1v) is 8.84. The molecule has 0 bridgehead atoms. The van der Waals surface area contributed by atoms with Gasteiger partial charge in [0.1, 0.15) is 12.4 Å². The molecule has 0 aliphatic rings. The molecule has 0 radical (unpaired) electrons. The van der Waals surface area contributed by atoms with E-state index in [2.05, 4.69) is 19.9 Å². The van der Waals surface area contributed by atoms with Gasteiger partial charge < -0.3 is 9.47 Å². The van der Waals surface area contributed by atoms with Crippen molar-refractivity contribution in [1.82, 2.24) is 19.6 Å². The maximum absolute atomic E-state index is 12.9. The summed E-state index contributed by atoms with van der Waals surface area (Å²) in [4.78, 5) is 4.00. The molecule has 31 heavy (non-hydrogen) atoms. The summed E-state index contributed by atoms with van der Waals surface area (Å²) >= 11 is 0. The third-order valence-corrected chi connectivity index (χ3v) is 4.26. The van der Waals surface area contributed by atoms with Gasteiger partial charge in [-0.05, 0) is 42.0 Å². The molecule has 11 heteroatoms. The SMILES string of the molecule is FC(F)Oc1ccc(-c2nnc3cncc(OCc4cccc(C(F)(F)F)c4)n23)cc1. The fraction of sp³-hybridized carbons (Fsp3) is 0.150. The summed E-state index contributed by atoms with van der Waals surface area (Å²) in [6, 6.07) is 10.5. The highest BCUT2D eigenvalue weighted by atomic mass is 19.4. The topological polar surface area (TPSA) is 61.5 Å². The number of rotatable bonds is 6. The number of halogens is 5. The molecule has 0 atom stereocenters. The fourth-order valence-electron chi connectivity index (χ4n) is 2.89. The van der Waals surface area contributed by atoms with Crippen molar-refractivity contribution in [3.63, 3.8) is 0 Å². The fourth-order valence-corrected chi connectivity index (χ4v) is 2.89. The number of alkyl halides is 5. The van der Waals surface area contributed by atoms with Crippen molar-refractivity contribution in [2.75, 3.05) is 0 Å². The van der Waals surface area contributed by atoms with Crippen LogP contribution in [-0.2, 0) is 12.8 Å². The number of fused-ring (bicyclic) bond motifs is 1. The summed E-state index contributed by atoms with van der Waals surface area (Å²) in [5.74, 6) is 0.512. The zero-order valence-electron chi connectivity index (χ0n) is 15.6. The van der Waals surface area contributed by atoms with Gasteiger partial charge in [0.2, 0.25) is 5.88 Å². The van der Waals surface area contributed by atoms with Crippen LogP contribution < -0.4 is 9.47 Å². The summed E-state index contributed by atoms with van der Waals surface area (Å²) in [5.41, 5.74) is 0.407. The molecule has 0 amide bonds. The Kier molecular flexibility index (Phi) is 5.40. The number of hydrogen-bond donors (Lipinski definition) is 0. The van der Waals surface area contributed by atoms with Gasteiger partial charge in [0.25, 0.3) is 0 Å². The van der Waals surface area contributed by atoms with E-state index in [9.17, 15) is 22.0 Å². The molecule has 4 rings (SSSR count). The molecule has 0 spiro atoms. The number of benzene rings is 2. The van der Waals surface area contributed by atoms with Gasteiger partial charge in [-0.25, -0.2) is 4.40 Å². The number of nitrogens with zero attached hydrogens (tertiary/aromatic N) is 4. The zero-order valence-corrected chi connectivity index (χ0v) is 15.6. The van der Waals surface area contributed by atoms with Crippen LogP contribution >= 0.6 is 0 Å². The van der Waals surface area contributed by atoms with E-state index in [0.717, 1.165) is 12.1 Å². The molecule has 0 fully saturated rings. The Morgan fingerprint density at radius 2 is 1.74 bits per heavy atom. The second-order valence-electron chi connectivity index (χ2n) is 6.35. The normalized spacial score (nSPS) is 11.8. The van der Waals surface area contributed by atoms with Crippen LogP contribution in [0.2, 0.25) is 0 Å². The lowest BCUT2D eigenvalue weighted by atomic mass is 10.1. The van der Waals surface area contributed by atoms with Crippen molar-refractivity contribution in [2.24, 2.45) is 0 Å². The van der Waals surface area contributed by atoms with E-state index in [1.807, 2.05) is 0 Å². The van der Waals surface area contributed by atoms with Crippen molar-refractivity contribution < 1.29 is 31.4 Å². The molecule has 0 saturated carbocycles. The predicted molar refractivity (Wildman–Crippen MR) is 98.6 cm³/mol. The molecule has 2 heterocycles. The molecule has 2 aromatic heterocycles. The van der Waals surface area contributed by atoms with Crippen LogP contribution in [0.3, 0.4) is 0 Å². The number of hydrogen-bond acceptors (Lipinski definition) is 5. The second kappa shape index (κ2) is 8.17. The Morgan fingerprint density at radius 1 is 0.968 bits per heavy atom. The van der Waals surface area contributed by atoms with Gasteiger partial charge in [-0.2, -0.15) is 22.0 Å². The Labute approximate surface area is 171 Å². The number of ether oxygens (including phenoxy) is 2. The standard InChI is InChI=1S/C20H13F5N4O2/c21-19(22)31-15-6-4-13(5-7-15)18-28-27-16-9-26-10-17(29(16)18)30-11-12-2-1-3-14(8-12)20(23,24)25/h1-10,19H,11H2. The van der Waals surface area contributed by atoms with E-state index in [1.165, 1.54) is 53.2 Å². The minimum absolute atomic E-state index is 0.0183. The molecule has 0 aliphatic heterocycles. The lowest BCUT2D eigenvalue weighted by Gasteiger charge is -2.11. The quantitative estimate of drug-likeness (QED) is 0.399. The van der Waals surface area contributed by atoms with Crippen molar-refractivity contribution in [3.8, 4) is 23.0 Å². The summed E-state index contributed by atoms with van der Waals surface area (Å²) in [7, 11) is 0. The van der Waals surface area contributed by atoms with Crippen molar-refractivity contribution >= 4 is 5.65 Å². The number of aromatic nitrogens is 4. The maximum atomic E-state index is 12.9. The summed E-state index contributed by atoms with van der Waals surface area (Å²) in [5, 5.41) is 8.07. The molecule has 0 N–H and O–H groups in total. The Hall–Kier alpha value is -3.76. The van der Waals surface area contributed by atoms with Crippen LogP contribution in [0.5, 0.6) is 11.6 Å². The molecule has 2 aromatic carbocycles. The van der Waals surface area contributed by atoms with E-state index >= 15 is 0 Å². The average molecular weight is 436 g/mol. The monoisotopic (exact) mass is 436 g/mol. The van der Waals surface area contributed by atoms with Crippen LogP contribution in [0.4, 0.5) is 22.0 Å². The first-order chi connectivity index (χ1) is 14.8. The van der Waals surface area contributed by atoms with Gasteiger partial charge >= 0.3 is 12.8 Å². The largest absolute Gasteiger partial charge is 0.473 e. The van der Waals surface area contributed by atoms with Crippen LogP contribution in [0.15, 0.2) is 60.9 Å². The smallest absolute Gasteiger partial charge is 0.416 e. The van der Waals surface area contributed by atoms with Crippen molar-refractivity contribution in [2.45, 2.75) is 19.4 Å². The molecule has 160 valence electrons. The van der Waals surface area contributed by atoms with Crippen LogP contribution in [0, 0.1) is 0 Å². The molecule has 0 aliphatic carbocycles. The highest BCUT2D eigenvalue weighted by Crippen LogP contribution is 2.30. The van der Waals surface area contributed by atoms with Crippen molar-refractivity contribution in [3.05, 3.63) is 72.1 Å². The first-order valence-electron chi connectivity index (χ1n) is 8.84. The van der Waals surface area contributed by atoms with E-state index in [1.54, 1.807) is 0 Å². The van der Waals surface area contributed by atoms with E-state index in [4.69, 9.17) is 4.74 Å². The lowest BCUT2D eigenvalue weighted by molar-refractivity contribution is -0.137. The Bertz CT molecular complexity index is 1190. The molecule has 6 nitrogen and oxygen atoms in total. The molecular weight excluding hydrogens is 423 g/mol. The van der Waals surface area contributed by atoms with E-state index < -0.39 is 18.4 Å². The summed E-state index contributed by atoms with van der Waals surface area (Å²) < 4.78 is 75.0. The van der Waals surface area contributed by atoms with Crippen LogP contribution in [0.1, 0.15) is 11.1 Å². The van der Waals surface area contributed by atoms with Crippen LogP contribution in [-0.4, -0.2) is 26.2 Å². The van der Waals surface area contributed by atoms with Gasteiger partial charge in [0.05, 0.1) is 18.0 Å². The Morgan fingerprint density at radius 3 is 2.45 bits per heavy atom. The minimum Gasteiger partial charge on any atom is -0.473 e. The Balaban J connectivity index is 1.62. The maximum Gasteiger partial charge on any atom is 0.416 e. The molecule has 0 unspecified atom stereocenters. The molecular formula is C20H13F5N4O2. The average Bonchev–Trinajstić information content (AvgIpc) is 3.17. The van der Waals surface area contributed by atoms with Gasteiger partial charge in [-0.3, -0.25) is 4.98 Å². The highest BCUT2D eigenvalue weighted by Gasteiger charge is 2.30. The zero-order chi connectivity index (χ0) is 22.0. The van der Waals surface area contributed by atoms with Gasteiger partial charge in [-0.1, -0.05) is 12.1 Å². The first kappa shape index (κ1) is 20.5. The van der Waals surface area contributed by atoms with Gasteiger partial charge in [-0.15, -0.1) is 10.2 Å². The van der Waals surface area contributed by atoms with Gasteiger partial charge in [0.15, 0.2) is 11.5 Å². The van der Waals surface area contributed by atoms with Gasteiger partial charge in [0, 0.05) is 5.56 Å². The van der Waals surface area contributed by atoms with E-state index in [-0.39, 0.29) is 18.2 Å². The molecule has 0 saturated heterocycles. The van der Waals surface area contributed by atoms with Crippen LogP contribution in [0.25, 0.3) is 17.0 Å². The summed E-state index contributed by atoms with van der Waals surface area (Å²) in [6.45, 7) is -3.09. The highest BCUT2D eigenvalue weighted by molar-refractivity contribution is 5.61.